The molecule has 2 atom stereocenters. The predicted octanol–water partition coefficient (Wildman–Crippen LogP) is 0.974. The Morgan fingerprint density at radius 3 is 2.81 bits per heavy atom. The van der Waals surface area contributed by atoms with Gasteiger partial charge in [-0.15, -0.1) is 11.3 Å². The summed E-state index contributed by atoms with van der Waals surface area (Å²) in [4.78, 5) is 47.3. The van der Waals surface area contributed by atoms with Crippen molar-refractivity contribution in [2.75, 3.05) is 33.7 Å². The Kier molecular flexibility index (Phi) is 4.18. The van der Waals surface area contributed by atoms with Gasteiger partial charge in [0.25, 0.3) is 11.5 Å². The summed E-state index contributed by atoms with van der Waals surface area (Å²) in [6.07, 6.45) is 3.65. The van der Waals surface area contributed by atoms with Crippen molar-refractivity contribution >= 4 is 28.2 Å². The fourth-order valence-electron chi connectivity index (χ4n) is 3.93. The zero-order valence-electron chi connectivity index (χ0n) is 14.8. The van der Waals surface area contributed by atoms with Crippen LogP contribution in [0.4, 0.5) is 4.79 Å². The first kappa shape index (κ1) is 17.0. The van der Waals surface area contributed by atoms with Crippen molar-refractivity contribution in [3.05, 3.63) is 33.7 Å². The van der Waals surface area contributed by atoms with Crippen LogP contribution < -0.4 is 5.56 Å². The molecule has 3 aliphatic rings. The van der Waals surface area contributed by atoms with Crippen molar-refractivity contribution in [3.63, 3.8) is 0 Å². The van der Waals surface area contributed by atoms with Crippen LogP contribution in [0.5, 0.6) is 0 Å². The van der Waals surface area contributed by atoms with Gasteiger partial charge in [0.2, 0.25) is 0 Å². The maximum absolute atomic E-state index is 13.2. The average molecular weight is 375 g/mol. The molecular weight excluding hydrogens is 354 g/mol. The molecule has 9 heteroatoms. The molecule has 0 spiro atoms. The maximum Gasteiger partial charge on any atom is 0.319 e. The van der Waals surface area contributed by atoms with Gasteiger partial charge in [-0.2, -0.15) is 4.98 Å². The van der Waals surface area contributed by atoms with Crippen LogP contribution in [0.25, 0.3) is 4.96 Å². The highest BCUT2D eigenvalue weighted by molar-refractivity contribution is 7.15. The van der Waals surface area contributed by atoms with E-state index in [-0.39, 0.29) is 23.9 Å². The molecule has 138 valence electrons. The summed E-state index contributed by atoms with van der Waals surface area (Å²) in [6, 6.07) is 1.27. The summed E-state index contributed by atoms with van der Waals surface area (Å²) in [5.74, 6) is 0.102. The molecule has 0 aliphatic carbocycles. The van der Waals surface area contributed by atoms with Gasteiger partial charge >= 0.3 is 6.03 Å². The fraction of sp³-hybridized carbons (Fsp3) is 0.529. The second-order valence-corrected chi connectivity index (χ2v) is 8.04. The molecule has 5 rings (SSSR count). The summed E-state index contributed by atoms with van der Waals surface area (Å²) in [5, 5.41) is 1.81. The van der Waals surface area contributed by atoms with Crippen molar-refractivity contribution < 1.29 is 9.59 Å². The van der Waals surface area contributed by atoms with E-state index in [2.05, 4.69) is 4.98 Å². The summed E-state index contributed by atoms with van der Waals surface area (Å²) in [7, 11) is 3.49. The van der Waals surface area contributed by atoms with E-state index in [1.165, 1.54) is 17.4 Å². The van der Waals surface area contributed by atoms with Gasteiger partial charge in [-0.25, -0.2) is 4.79 Å². The van der Waals surface area contributed by atoms with Gasteiger partial charge in [-0.1, -0.05) is 0 Å². The Morgan fingerprint density at radius 2 is 2.04 bits per heavy atom. The number of carbonyl (C=O) groups excluding carboxylic acids is 2. The highest BCUT2D eigenvalue weighted by Crippen LogP contribution is 2.29. The van der Waals surface area contributed by atoms with Crippen molar-refractivity contribution in [1.82, 2.24) is 24.1 Å². The first-order valence-electron chi connectivity index (χ1n) is 8.68. The monoisotopic (exact) mass is 375 g/mol. The number of urea groups is 1. The minimum atomic E-state index is -0.403. The molecule has 2 aromatic heterocycles. The van der Waals surface area contributed by atoms with E-state index in [1.54, 1.807) is 29.6 Å². The fourth-order valence-corrected chi connectivity index (χ4v) is 4.65. The van der Waals surface area contributed by atoms with Crippen LogP contribution in [0.1, 0.15) is 23.3 Å². The Balaban J connectivity index is 1.66. The molecule has 2 aromatic rings. The Labute approximate surface area is 154 Å². The SMILES string of the molecule is CN(C)C(=O)N1C[C@@H]2CC[C@H](C1)N(C(=O)c1cc(=O)nc3sccn13)C2. The van der Waals surface area contributed by atoms with Crippen molar-refractivity contribution in [1.29, 1.82) is 0 Å². The van der Waals surface area contributed by atoms with E-state index in [0.717, 1.165) is 12.8 Å². The predicted molar refractivity (Wildman–Crippen MR) is 97.5 cm³/mol. The molecule has 8 nitrogen and oxygen atoms in total. The number of hydrogen-bond acceptors (Lipinski definition) is 5. The summed E-state index contributed by atoms with van der Waals surface area (Å²) in [6.45, 7) is 1.82. The van der Waals surface area contributed by atoms with Gasteiger partial charge in [-0.3, -0.25) is 14.0 Å². The molecule has 0 aromatic carbocycles. The number of nitrogens with zero attached hydrogens (tertiary/aromatic N) is 5. The van der Waals surface area contributed by atoms with E-state index in [9.17, 15) is 14.4 Å². The number of aromatic nitrogens is 2. The molecule has 0 unspecified atom stereocenters. The normalized spacial score (nSPS) is 22.5. The minimum Gasteiger partial charge on any atom is -0.332 e. The average Bonchev–Trinajstić information content (AvgIpc) is 2.89. The van der Waals surface area contributed by atoms with Crippen molar-refractivity contribution in [2.24, 2.45) is 5.92 Å². The number of thiazole rings is 1. The molecule has 26 heavy (non-hydrogen) atoms. The molecule has 3 saturated heterocycles. The Hall–Kier alpha value is -2.42. The maximum atomic E-state index is 13.2. The van der Waals surface area contributed by atoms with E-state index in [0.29, 0.717) is 30.3 Å². The zero-order valence-corrected chi connectivity index (χ0v) is 15.6. The van der Waals surface area contributed by atoms with Crippen molar-refractivity contribution in [2.45, 2.75) is 18.9 Å². The van der Waals surface area contributed by atoms with Gasteiger partial charge < -0.3 is 14.7 Å². The Morgan fingerprint density at radius 1 is 1.23 bits per heavy atom. The largest absolute Gasteiger partial charge is 0.332 e. The number of piperidine rings is 1. The lowest BCUT2D eigenvalue weighted by atomic mass is 9.94. The topological polar surface area (TPSA) is 78.2 Å². The Bertz CT molecular complexity index is 921. The van der Waals surface area contributed by atoms with Crippen LogP contribution in [-0.4, -0.2) is 75.8 Å². The van der Waals surface area contributed by atoms with Gasteiger partial charge in [0.05, 0.1) is 0 Å². The molecule has 3 fully saturated rings. The van der Waals surface area contributed by atoms with E-state index < -0.39 is 5.56 Å². The van der Waals surface area contributed by atoms with Crippen molar-refractivity contribution in [3.8, 4) is 0 Å². The molecule has 5 heterocycles. The lowest BCUT2D eigenvalue weighted by molar-refractivity contribution is 0.0578. The van der Waals surface area contributed by atoms with Crippen LogP contribution in [0.2, 0.25) is 0 Å². The van der Waals surface area contributed by atoms with E-state index in [1.807, 2.05) is 15.2 Å². The third-order valence-electron chi connectivity index (χ3n) is 5.16. The number of fused-ring (bicyclic) bond motifs is 5. The molecule has 0 saturated carbocycles. The number of amides is 3. The zero-order chi connectivity index (χ0) is 18.4. The lowest BCUT2D eigenvalue weighted by Crippen LogP contribution is -2.49. The summed E-state index contributed by atoms with van der Waals surface area (Å²) < 4.78 is 1.68. The van der Waals surface area contributed by atoms with Gasteiger partial charge in [0.15, 0.2) is 4.96 Å². The van der Waals surface area contributed by atoms with Crippen LogP contribution in [0, 0.1) is 5.92 Å². The van der Waals surface area contributed by atoms with Gasteiger partial charge in [0, 0.05) is 57.4 Å². The first-order valence-corrected chi connectivity index (χ1v) is 9.56. The molecule has 3 aliphatic heterocycles. The molecule has 0 N–H and O–H groups in total. The summed E-state index contributed by atoms with van der Waals surface area (Å²) >= 11 is 1.33. The molecule has 2 bridgehead atoms. The van der Waals surface area contributed by atoms with Crippen LogP contribution in [-0.2, 0) is 0 Å². The second kappa shape index (κ2) is 6.39. The minimum absolute atomic E-state index is 0.0171. The highest BCUT2D eigenvalue weighted by Gasteiger charge is 2.39. The molecular formula is C17H21N5O3S. The highest BCUT2D eigenvalue weighted by atomic mass is 32.1. The van der Waals surface area contributed by atoms with Gasteiger partial charge in [-0.05, 0) is 18.8 Å². The van der Waals surface area contributed by atoms with Crippen LogP contribution in [0.15, 0.2) is 22.4 Å². The first-order chi connectivity index (χ1) is 12.4. The third kappa shape index (κ3) is 2.86. The standard InChI is InChI=1S/C17H21N5O3S/c1-19(2)17(25)20-8-11-3-4-12(10-20)22(9-11)15(24)13-7-14(23)18-16-21(13)5-6-26-16/h5-7,11-12H,3-4,8-10H2,1-2H3/t11-,12+/m0/s1. The van der Waals surface area contributed by atoms with Crippen LogP contribution in [0.3, 0.4) is 0 Å². The van der Waals surface area contributed by atoms with Gasteiger partial charge in [0.1, 0.15) is 5.69 Å². The third-order valence-corrected chi connectivity index (χ3v) is 5.92. The van der Waals surface area contributed by atoms with E-state index >= 15 is 0 Å². The lowest BCUT2D eigenvalue weighted by Gasteiger charge is -2.36. The second-order valence-electron chi connectivity index (χ2n) is 7.17. The number of hydrogen-bond donors (Lipinski definition) is 0. The quantitative estimate of drug-likeness (QED) is 0.744. The summed E-state index contributed by atoms with van der Waals surface area (Å²) in [5.41, 5.74) is -0.0560. The number of carbonyl (C=O) groups is 2. The van der Waals surface area contributed by atoms with E-state index in [4.69, 9.17) is 0 Å². The molecule has 0 radical (unpaired) electrons. The smallest absolute Gasteiger partial charge is 0.319 e. The van der Waals surface area contributed by atoms with Crippen LogP contribution >= 0.6 is 11.3 Å². The number of rotatable bonds is 1. The molecule has 3 amide bonds.